The highest BCUT2D eigenvalue weighted by Crippen LogP contribution is 2.16. The minimum atomic E-state index is -3.65. The minimum Gasteiger partial charge on any atom is -0.377 e. The first kappa shape index (κ1) is 14.4. The van der Waals surface area contributed by atoms with Gasteiger partial charge in [0.05, 0.1) is 11.0 Å². The van der Waals surface area contributed by atoms with Crippen LogP contribution in [0.2, 0.25) is 0 Å². The van der Waals surface area contributed by atoms with E-state index in [-0.39, 0.29) is 29.7 Å². The third-order valence-electron chi connectivity index (χ3n) is 3.07. The molecule has 19 heavy (non-hydrogen) atoms. The molecule has 1 aliphatic heterocycles. The molecule has 0 saturated carbocycles. The van der Waals surface area contributed by atoms with Gasteiger partial charge >= 0.3 is 0 Å². The van der Waals surface area contributed by atoms with Gasteiger partial charge in [-0.25, -0.2) is 17.5 Å². The van der Waals surface area contributed by atoms with Crippen molar-refractivity contribution in [3.05, 3.63) is 29.6 Å². The van der Waals surface area contributed by atoms with Crippen LogP contribution in [0.5, 0.6) is 0 Å². The van der Waals surface area contributed by atoms with Crippen LogP contribution in [-0.2, 0) is 21.3 Å². The van der Waals surface area contributed by atoms with Gasteiger partial charge in [-0.05, 0) is 31.0 Å². The highest BCUT2D eigenvalue weighted by atomic mass is 32.2. The van der Waals surface area contributed by atoms with E-state index >= 15 is 0 Å². The predicted octanol–water partition coefficient (Wildman–Crippen LogP) is 0.742. The number of nitrogens with two attached hydrogens (primary N) is 1. The summed E-state index contributed by atoms with van der Waals surface area (Å²) >= 11 is 0. The molecule has 1 saturated heterocycles. The van der Waals surface area contributed by atoms with Crippen LogP contribution in [0.1, 0.15) is 18.4 Å². The summed E-state index contributed by atoms with van der Waals surface area (Å²) in [5, 5.41) is 0. The van der Waals surface area contributed by atoms with Crippen molar-refractivity contribution in [3.8, 4) is 0 Å². The fraction of sp³-hybridized carbons (Fsp3) is 0.500. The van der Waals surface area contributed by atoms with E-state index in [0.717, 1.165) is 18.9 Å². The zero-order valence-corrected chi connectivity index (χ0v) is 11.2. The molecule has 1 aromatic carbocycles. The summed E-state index contributed by atoms with van der Waals surface area (Å²) < 4.78 is 45.2. The van der Waals surface area contributed by atoms with Crippen molar-refractivity contribution >= 4 is 10.0 Å². The molecule has 0 amide bonds. The molecule has 0 aromatic heterocycles. The van der Waals surface area contributed by atoms with Gasteiger partial charge in [0, 0.05) is 25.3 Å². The van der Waals surface area contributed by atoms with Gasteiger partial charge in [-0.1, -0.05) is 0 Å². The Morgan fingerprint density at radius 1 is 1.47 bits per heavy atom. The lowest BCUT2D eigenvalue weighted by atomic mass is 10.2. The standard InChI is InChI=1S/C12H17FN2O3S/c13-12-4-3-11(6-9(12)7-14)19(16,17)15-8-10-2-1-5-18-10/h3-4,6,10,15H,1-2,5,7-8,14H2. The lowest BCUT2D eigenvalue weighted by Gasteiger charge is -2.12. The summed E-state index contributed by atoms with van der Waals surface area (Å²) in [6.07, 6.45) is 1.71. The number of nitrogens with one attached hydrogen (secondary N) is 1. The Morgan fingerprint density at radius 3 is 2.89 bits per heavy atom. The molecular formula is C12H17FN2O3S. The van der Waals surface area contributed by atoms with E-state index in [9.17, 15) is 12.8 Å². The zero-order chi connectivity index (χ0) is 13.9. The monoisotopic (exact) mass is 288 g/mol. The van der Waals surface area contributed by atoms with Crippen molar-refractivity contribution in [2.45, 2.75) is 30.4 Å². The van der Waals surface area contributed by atoms with Crippen molar-refractivity contribution in [1.82, 2.24) is 4.72 Å². The molecule has 3 N–H and O–H groups in total. The van der Waals surface area contributed by atoms with Crippen molar-refractivity contribution < 1.29 is 17.5 Å². The highest BCUT2D eigenvalue weighted by Gasteiger charge is 2.20. The van der Waals surface area contributed by atoms with Gasteiger partial charge < -0.3 is 10.5 Å². The Morgan fingerprint density at radius 2 is 2.26 bits per heavy atom. The minimum absolute atomic E-state index is 0.0207. The van der Waals surface area contributed by atoms with E-state index in [1.807, 2.05) is 0 Å². The number of sulfonamides is 1. The van der Waals surface area contributed by atoms with Crippen LogP contribution < -0.4 is 10.5 Å². The van der Waals surface area contributed by atoms with Crippen LogP contribution in [0.3, 0.4) is 0 Å². The van der Waals surface area contributed by atoms with Crippen LogP contribution in [0.4, 0.5) is 4.39 Å². The van der Waals surface area contributed by atoms with E-state index in [2.05, 4.69) is 4.72 Å². The SMILES string of the molecule is NCc1cc(S(=O)(=O)NCC2CCCO2)ccc1F. The summed E-state index contributed by atoms with van der Waals surface area (Å²) in [5.74, 6) is -0.499. The molecule has 106 valence electrons. The van der Waals surface area contributed by atoms with Crippen molar-refractivity contribution in [1.29, 1.82) is 0 Å². The summed E-state index contributed by atoms with van der Waals surface area (Å²) in [5.41, 5.74) is 5.54. The van der Waals surface area contributed by atoms with Crippen LogP contribution >= 0.6 is 0 Å². The van der Waals surface area contributed by atoms with Crippen molar-refractivity contribution in [2.75, 3.05) is 13.2 Å². The molecule has 1 aromatic rings. The molecule has 1 atom stereocenters. The second-order valence-corrected chi connectivity index (χ2v) is 6.21. The second-order valence-electron chi connectivity index (χ2n) is 4.44. The maximum absolute atomic E-state index is 13.3. The van der Waals surface area contributed by atoms with E-state index < -0.39 is 15.8 Å². The first-order chi connectivity index (χ1) is 9.03. The van der Waals surface area contributed by atoms with Crippen molar-refractivity contribution in [2.24, 2.45) is 5.73 Å². The lowest BCUT2D eigenvalue weighted by molar-refractivity contribution is 0.114. The Bertz CT molecular complexity index is 542. The zero-order valence-electron chi connectivity index (χ0n) is 10.4. The largest absolute Gasteiger partial charge is 0.377 e. The van der Waals surface area contributed by atoms with Gasteiger partial charge in [0.15, 0.2) is 0 Å². The molecule has 5 nitrogen and oxygen atoms in total. The van der Waals surface area contributed by atoms with Gasteiger partial charge in [-0.15, -0.1) is 0 Å². The maximum atomic E-state index is 13.3. The van der Waals surface area contributed by atoms with Crippen LogP contribution in [0.15, 0.2) is 23.1 Å². The Balaban J connectivity index is 2.10. The summed E-state index contributed by atoms with van der Waals surface area (Å²) in [6, 6.07) is 3.60. The summed E-state index contributed by atoms with van der Waals surface area (Å²) in [7, 11) is -3.65. The first-order valence-electron chi connectivity index (χ1n) is 6.12. The summed E-state index contributed by atoms with van der Waals surface area (Å²) in [4.78, 5) is 0.0207. The molecule has 0 aliphatic carbocycles. The molecule has 0 spiro atoms. The normalized spacial score (nSPS) is 19.8. The molecule has 1 fully saturated rings. The lowest BCUT2D eigenvalue weighted by Crippen LogP contribution is -2.31. The molecule has 1 unspecified atom stereocenters. The fourth-order valence-corrected chi connectivity index (χ4v) is 3.08. The molecule has 0 bridgehead atoms. The average molecular weight is 288 g/mol. The molecule has 1 aliphatic rings. The highest BCUT2D eigenvalue weighted by molar-refractivity contribution is 7.89. The van der Waals surface area contributed by atoms with E-state index in [0.29, 0.717) is 6.61 Å². The van der Waals surface area contributed by atoms with E-state index in [1.165, 1.54) is 12.1 Å². The number of hydrogen-bond acceptors (Lipinski definition) is 4. The predicted molar refractivity (Wildman–Crippen MR) is 68.5 cm³/mol. The second kappa shape index (κ2) is 5.96. The van der Waals surface area contributed by atoms with Crippen molar-refractivity contribution in [3.63, 3.8) is 0 Å². The van der Waals surface area contributed by atoms with Gasteiger partial charge in [0.2, 0.25) is 10.0 Å². The van der Waals surface area contributed by atoms with Gasteiger partial charge in [0.25, 0.3) is 0 Å². The maximum Gasteiger partial charge on any atom is 0.240 e. The fourth-order valence-electron chi connectivity index (χ4n) is 1.97. The molecule has 0 radical (unpaired) electrons. The van der Waals surface area contributed by atoms with Crippen LogP contribution in [0.25, 0.3) is 0 Å². The molecule has 1 heterocycles. The van der Waals surface area contributed by atoms with Gasteiger partial charge in [-0.2, -0.15) is 0 Å². The topological polar surface area (TPSA) is 81.4 Å². The quantitative estimate of drug-likeness (QED) is 0.837. The third kappa shape index (κ3) is 3.50. The van der Waals surface area contributed by atoms with E-state index in [1.54, 1.807) is 0 Å². The molecule has 2 rings (SSSR count). The summed E-state index contributed by atoms with van der Waals surface area (Å²) in [6.45, 7) is 0.860. The van der Waals surface area contributed by atoms with E-state index in [4.69, 9.17) is 10.5 Å². The van der Waals surface area contributed by atoms with Crippen LogP contribution in [-0.4, -0.2) is 27.7 Å². The molecule has 7 heteroatoms. The van der Waals surface area contributed by atoms with Crippen LogP contribution in [0, 0.1) is 5.82 Å². The first-order valence-corrected chi connectivity index (χ1v) is 7.61. The number of rotatable bonds is 5. The Kier molecular flexibility index (Phi) is 4.51. The Labute approximate surface area is 112 Å². The third-order valence-corrected chi connectivity index (χ3v) is 4.49. The average Bonchev–Trinajstić information content (AvgIpc) is 2.90. The smallest absolute Gasteiger partial charge is 0.240 e. The molecular weight excluding hydrogens is 271 g/mol. The van der Waals surface area contributed by atoms with Gasteiger partial charge in [-0.3, -0.25) is 0 Å². The van der Waals surface area contributed by atoms with Gasteiger partial charge in [0.1, 0.15) is 5.82 Å². The Hall–Kier alpha value is -1.02. The number of halogens is 1. The number of benzene rings is 1. The number of ether oxygens (including phenoxy) is 1. The number of hydrogen-bond donors (Lipinski definition) is 2.